The van der Waals surface area contributed by atoms with Crippen molar-refractivity contribution in [2.75, 3.05) is 0 Å². The second-order valence-electron chi connectivity index (χ2n) is 7.12. The summed E-state index contributed by atoms with van der Waals surface area (Å²) in [5, 5.41) is 2.03. The summed E-state index contributed by atoms with van der Waals surface area (Å²) in [7, 11) is 0. The van der Waals surface area contributed by atoms with Crippen molar-refractivity contribution in [3.63, 3.8) is 0 Å². The lowest BCUT2D eigenvalue weighted by Gasteiger charge is -2.19. The Hall–Kier alpha value is -2.56. The molecule has 146 valence electrons. The fraction of sp³-hybridized carbons (Fsp3) is 0.167. The molecule has 0 bridgehead atoms. The molecule has 5 heteroatoms. The van der Waals surface area contributed by atoms with Gasteiger partial charge in [0.25, 0.3) is 5.56 Å². The molecule has 0 N–H and O–H groups in total. The summed E-state index contributed by atoms with van der Waals surface area (Å²) in [6.07, 6.45) is 0. The molecule has 3 nitrogen and oxygen atoms in total. The first-order chi connectivity index (χ1) is 14.0. The van der Waals surface area contributed by atoms with E-state index in [2.05, 4.69) is 13.0 Å². The molecule has 0 unspecified atom stereocenters. The van der Waals surface area contributed by atoms with E-state index >= 15 is 0 Å². The predicted octanol–water partition coefficient (Wildman–Crippen LogP) is 6.51. The van der Waals surface area contributed by atoms with E-state index in [0.29, 0.717) is 21.1 Å². The lowest BCUT2D eigenvalue weighted by molar-refractivity contribution is 0.809. The molecule has 4 aromatic rings. The van der Waals surface area contributed by atoms with Crippen molar-refractivity contribution in [1.29, 1.82) is 0 Å². The van der Waals surface area contributed by atoms with Crippen molar-refractivity contribution in [1.82, 2.24) is 9.55 Å². The molecule has 1 atom stereocenters. The molecular weight excluding hydrogens is 400 g/mol. The zero-order chi connectivity index (χ0) is 20.5. The fourth-order valence-corrected chi connectivity index (χ4v) is 4.94. The van der Waals surface area contributed by atoms with Crippen molar-refractivity contribution in [3.05, 3.63) is 98.8 Å². The maximum atomic E-state index is 13.5. The number of fused-ring (bicyclic) bond motifs is 1. The normalized spacial score (nSPS) is 12.3. The van der Waals surface area contributed by atoms with Crippen LogP contribution < -0.4 is 5.56 Å². The average Bonchev–Trinajstić information content (AvgIpc) is 2.69. The monoisotopic (exact) mass is 420 g/mol. The van der Waals surface area contributed by atoms with Crippen LogP contribution in [0.1, 0.15) is 28.9 Å². The minimum Gasteiger partial charge on any atom is -0.268 e. The molecule has 0 aliphatic rings. The Morgan fingerprint density at radius 1 is 1.00 bits per heavy atom. The van der Waals surface area contributed by atoms with Gasteiger partial charge in [0.2, 0.25) is 0 Å². The molecule has 29 heavy (non-hydrogen) atoms. The molecule has 1 heterocycles. The number of benzene rings is 3. The van der Waals surface area contributed by atoms with Crippen molar-refractivity contribution in [2.24, 2.45) is 0 Å². The van der Waals surface area contributed by atoms with Gasteiger partial charge in [-0.05, 0) is 56.2 Å². The summed E-state index contributed by atoms with van der Waals surface area (Å²) in [6.45, 7) is 6.16. The third-order valence-corrected chi connectivity index (χ3v) is 6.40. The number of nitrogens with zero attached hydrogens (tertiary/aromatic N) is 2. The van der Waals surface area contributed by atoms with Gasteiger partial charge in [0.1, 0.15) is 0 Å². The maximum Gasteiger partial charge on any atom is 0.266 e. The average molecular weight is 421 g/mol. The molecule has 0 fully saturated rings. The smallest absolute Gasteiger partial charge is 0.266 e. The molecule has 0 aliphatic carbocycles. The molecule has 4 rings (SSSR count). The Morgan fingerprint density at radius 2 is 1.72 bits per heavy atom. The van der Waals surface area contributed by atoms with E-state index in [1.54, 1.807) is 16.3 Å². The third kappa shape index (κ3) is 3.83. The molecule has 0 saturated heterocycles. The zero-order valence-electron chi connectivity index (χ0n) is 16.5. The van der Waals surface area contributed by atoms with Gasteiger partial charge in [-0.25, -0.2) is 4.98 Å². The second kappa shape index (κ2) is 8.05. The van der Waals surface area contributed by atoms with Gasteiger partial charge in [-0.2, -0.15) is 0 Å². The van der Waals surface area contributed by atoms with E-state index in [0.717, 1.165) is 22.4 Å². The van der Waals surface area contributed by atoms with Gasteiger partial charge in [-0.1, -0.05) is 71.4 Å². The molecule has 3 aromatic carbocycles. The number of para-hydroxylation sites is 1. The first kappa shape index (κ1) is 19.7. The second-order valence-corrected chi connectivity index (χ2v) is 8.84. The summed E-state index contributed by atoms with van der Waals surface area (Å²) in [5.74, 6) is 0. The fourth-order valence-electron chi connectivity index (χ4n) is 3.49. The summed E-state index contributed by atoms with van der Waals surface area (Å²) in [5.41, 5.74) is 4.72. The summed E-state index contributed by atoms with van der Waals surface area (Å²) < 4.78 is 1.73. The van der Waals surface area contributed by atoms with Crippen LogP contribution in [0.2, 0.25) is 5.02 Å². The van der Waals surface area contributed by atoms with Crippen LogP contribution in [0.15, 0.2) is 76.7 Å². The highest BCUT2D eigenvalue weighted by Crippen LogP contribution is 2.38. The van der Waals surface area contributed by atoms with Crippen molar-refractivity contribution < 1.29 is 0 Å². The van der Waals surface area contributed by atoms with Crippen LogP contribution in [0, 0.1) is 13.8 Å². The Kier molecular flexibility index (Phi) is 5.48. The molecule has 0 spiro atoms. The molecular formula is C24H21ClN2OS. The highest BCUT2D eigenvalue weighted by atomic mass is 35.5. The van der Waals surface area contributed by atoms with E-state index in [-0.39, 0.29) is 10.8 Å². The highest BCUT2D eigenvalue weighted by Gasteiger charge is 2.19. The van der Waals surface area contributed by atoms with Crippen LogP contribution >= 0.6 is 23.4 Å². The van der Waals surface area contributed by atoms with Crippen molar-refractivity contribution in [2.45, 2.75) is 31.2 Å². The lowest BCUT2D eigenvalue weighted by Crippen LogP contribution is -2.22. The van der Waals surface area contributed by atoms with Crippen LogP contribution in [-0.4, -0.2) is 9.55 Å². The molecule has 1 aromatic heterocycles. The van der Waals surface area contributed by atoms with Gasteiger partial charge in [0.15, 0.2) is 5.16 Å². The van der Waals surface area contributed by atoms with Crippen LogP contribution in [0.25, 0.3) is 16.6 Å². The number of hydrogen-bond acceptors (Lipinski definition) is 3. The molecule has 0 saturated carbocycles. The first-order valence-corrected chi connectivity index (χ1v) is 10.7. The topological polar surface area (TPSA) is 34.9 Å². The Labute approximate surface area is 179 Å². The first-order valence-electron chi connectivity index (χ1n) is 9.46. The standard InChI is InChI=1S/C24H21ClN2OS/c1-15-12-13-22(16(2)14-15)27-23(28)19-9-5-7-11-21(19)26-24(27)29-17(3)18-8-4-6-10-20(18)25/h4-14,17H,1-3H3/t17-/m0/s1. The number of aromatic nitrogens is 2. The van der Waals surface area contributed by atoms with Gasteiger partial charge in [-0.15, -0.1) is 0 Å². The number of thioether (sulfide) groups is 1. The van der Waals surface area contributed by atoms with Gasteiger partial charge in [0, 0.05) is 10.3 Å². The van der Waals surface area contributed by atoms with Gasteiger partial charge >= 0.3 is 0 Å². The van der Waals surface area contributed by atoms with Crippen LogP contribution in [0.3, 0.4) is 0 Å². The summed E-state index contributed by atoms with van der Waals surface area (Å²) in [6, 6.07) is 21.4. The van der Waals surface area contributed by atoms with Crippen molar-refractivity contribution >= 4 is 34.3 Å². The minimum absolute atomic E-state index is 0.0359. The Balaban J connectivity index is 1.92. The number of halogens is 1. The van der Waals surface area contributed by atoms with E-state index in [1.807, 2.05) is 74.5 Å². The SMILES string of the molecule is Cc1ccc(-n2c(S[C@@H](C)c3ccccc3Cl)nc3ccccc3c2=O)c(C)c1. The van der Waals surface area contributed by atoms with Gasteiger partial charge in [0.05, 0.1) is 16.6 Å². The number of rotatable bonds is 4. The maximum absolute atomic E-state index is 13.5. The molecule has 0 aliphatic heterocycles. The number of aryl methyl sites for hydroxylation is 2. The quantitative estimate of drug-likeness (QED) is 0.279. The molecule has 0 amide bonds. The zero-order valence-corrected chi connectivity index (χ0v) is 18.1. The summed E-state index contributed by atoms with van der Waals surface area (Å²) >= 11 is 7.95. The highest BCUT2D eigenvalue weighted by molar-refractivity contribution is 7.99. The van der Waals surface area contributed by atoms with E-state index in [4.69, 9.17) is 16.6 Å². The van der Waals surface area contributed by atoms with Gasteiger partial charge in [-0.3, -0.25) is 9.36 Å². The van der Waals surface area contributed by atoms with Gasteiger partial charge < -0.3 is 0 Å². The van der Waals surface area contributed by atoms with Crippen LogP contribution in [-0.2, 0) is 0 Å². The van der Waals surface area contributed by atoms with E-state index in [9.17, 15) is 4.79 Å². The largest absolute Gasteiger partial charge is 0.268 e. The van der Waals surface area contributed by atoms with E-state index < -0.39 is 0 Å². The predicted molar refractivity (Wildman–Crippen MR) is 123 cm³/mol. The molecule has 0 radical (unpaired) electrons. The Bertz CT molecular complexity index is 1270. The van der Waals surface area contributed by atoms with Crippen LogP contribution in [0.5, 0.6) is 0 Å². The lowest BCUT2D eigenvalue weighted by atomic mass is 10.1. The van der Waals surface area contributed by atoms with Crippen molar-refractivity contribution in [3.8, 4) is 5.69 Å². The van der Waals surface area contributed by atoms with Crippen LogP contribution in [0.4, 0.5) is 0 Å². The minimum atomic E-state index is -0.0589. The Morgan fingerprint density at radius 3 is 2.48 bits per heavy atom. The van der Waals surface area contributed by atoms with E-state index in [1.165, 1.54) is 0 Å². The number of hydrogen-bond donors (Lipinski definition) is 0. The summed E-state index contributed by atoms with van der Waals surface area (Å²) in [4.78, 5) is 18.3. The third-order valence-electron chi connectivity index (χ3n) is 4.96.